The molecule has 0 radical (unpaired) electrons. The molecule has 0 saturated carbocycles. The first kappa shape index (κ1) is 17.5. The Morgan fingerprint density at radius 3 is 2.38 bits per heavy atom. The van der Waals surface area contributed by atoms with Crippen molar-refractivity contribution in [2.75, 3.05) is 20.3 Å². The standard InChI is InChI=1S/C17H19NO6/c1-4-24-12-7-5-11(6-8-12)15-14(10(2)19)16(21)17(22)18(15)9-13(20)23-3/h5-8,15,21H,4,9H2,1-3H3/t15-/m0/s1. The smallest absolute Gasteiger partial charge is 0.325 e. The average molecular weight is 333 g/mol. The van der Waals surface area contributed by atoms with Crippen molar-refractivity contribution in [2.45, 2.75) is 19.9 Å². The molecule has 0 spiro atoms. The van der Waals surface area contributed by atoms with E-state index < -0.39 is 29.5 Å². The van der Waals surface area contributed by atoms with E-state index in [2.05, 4.69) is 4.74 Å². The van der Waals surface area contributed by atoms with Crippen LogP contribution in [0.25, 0.3) is 0 Å². The summed E-state index contributed by atoms with van der Waals surface area (Å²) in [6, 6.07) is 5.94. The van der Waals surface area contributed by atoms with Crippen molar-refractivity contribution < 1.29 is 29.0 Å². The Hall–Kier alpha value is -2.83. The van der Waals surface area contributed by atoms with Crippen LogP contribution in [0.3, 0.4) is 0 Å². The Morgan fingerprint density at radius 2 is 1.88 bits per heavy atom. The van der Waals surface area contributed by atoms with E-state index in [1.807, 2.05) is 6.92 Å². The molecule has 1 heterocycles. The molecule has 0 aromatic heterocycles. The SMILES string of the molecule is CCOc1ccc([C@H]2C(C(C)=O)=C(O)C(=O)N2CC(=O)OC)cc1. The predicted octanol–water partition coefficient (Wildman–Crippen LogP) is 1.54. The number of Topliss-reactive ketones (excluding diaryl/α,β-unsaturated/α-hetero) is 1. The molecule has 128 valence electrons. The molecular weight excluding hydrogens is 314 g/mol. The zero-order valence-corrected chi connectivity index (χ0v) is 13.7. The molecule has 0 bridgehead atoms. The summed E-state index contributed by atoms with van der Waals surface area (Å²) < 4.78 is 9.95. The van der Waals surface area contributed by atoms with E-state index in [4.69, 9.17) is 4.74 Å². The van der Waals surface area contributed by atoms with Crippen molar-refractivity contribution >= 4 is 17.7 Å². The third-order valence-electron chi connectivity index (χ3n) is 3.72. The van der Waals surface area contributed by atoms with Crippen molar-refractivity contribution in [3.63, 3.8) is 0 Å². The lowest BCUT2D eigenvalue weighted by Crippen LogP contribution is -2.36. The minimum absolute atomic E-state index is 0.0342. The number of benzene rings is 1. The molecule has 1 aromatic rings. The Morgan fingerprint density at radius 1 is 1.25 bits per heavy atom. The summed E-state index contributed by atoms with van der Waals surface area (Å²) in [5.74, 6) is -1.85. The van der Waals surface area contributed by atoms with Crippen LogP contribution >= 0.6 is 0 Å². The van der Waals surface area contributed by atoms with Crippen molar-refractivity contribution in [1.82, 2.24) is 4.90 Å². The van der Waals surface area contributed by atoms with Crippen LogP contribution in [0.5, 0.6) is 5.75 Å². The minimum Gasteiger partial charge on any atom is -0.503 e. The summed E-state index contributed by atoms with van der Waals surface area (Å²) >= 11 is 0. The number of carbonyl (C=O) groups is 3. The summed E-state index contributed by atoms with van der Waals surface area (Å²) in [5, 5.41) is 10.0. The van der Waals surface area contributed by atoms with E-state index >= 15 is 0 Å². The second kappa shape index (κ2) is 7.16. The predicted molar refractivity (Wildman–Crippen MR) is 84.4 cm³/mol. The van der Waals surface area contributed by atoms with Crippen LogP contribution in [0.4, 0.5) is 0 Å². The number of hydrogen-bond donors (Lipinski definition) is 1. The van der Waals surface area contributed by atoms with Gasteiger partial charge in [0.05, 0.1) is 25.3 Å². The summed E-state index contributed by atoms with van der Waals surface area (Å²) in [6.07, 6.45) is 0. The maximum absolute atomic E-state index is 12.3. The van der Waals surface area contributed by atoms with Crippen molar-refractivity contribution in [3.05, 3.63) is 41.2 Å². The van der Waals surface area contributed by atoms with Gasteiger partial charge in [0.2, 0.25) is 0 Å². The lowest BCUT2D eigenvalue weighted by atomic mass is 9.96. The van der Waals surface area contributed by atoms with Crippen LogP contribution in [-0.4, -0.2) is 47.9 Å². The van der Waals surface area contributed by atoms with E-state index in [0.717, 1.165) is 4.90 Å². The first-order chi connectivity index (χ1) is 11.4. The second-order valence-electron chi connectivity index (χ2n) is 5.23. The molecule has 0 fully saturated rings. The molecule has 2 rings (SSSR count). The van der Waals surface area contributed by atoms with Crippen molar-refractivity contribution in [2.24, 2.45) is 0 Å². The number of ether oxygens (including phenoxy) is 2. The number of esters is 1. The fourth-order valence-electron chi connectivity index (χ4n) is 2.64. The van der Waals surface area contributed by atoms with E-state index in [0.29, 0.717) is 17.9 Å². The highest BCUT2D eigenvalue weighted by atomic mass is 16.5. The number of aliphatic hydroxyl groups is 1. The highest BCUT2D eigenvalue weighted by Crippen LogP contribution is 2.37. The van der Waals surface area contributed by atoms with E-state index in [9.17, 15) is 19.5 Å². The van der Waals surface area contributed by atoms with Gasteiger partial charge in [-0.1, -0.05) is 12.1 Å². The molecule has 24 heavy (non-hydrogen) atoms. The van der Waals surface area contributed by atoms with Crippen LogP contribution in [-0.2, 0) is 19.1 Å². The van der Waals surface area contributed by atoms with Gasteiger partial charge >= 0.3 is 5.97 Å². The highest BCUT2D eigenvalue weighted by Gasteiger charge is 2.43. The molecule has 7 heteroatoms. The molecule has 1 aliphatic heterocycles. The zero-order chi connectivity index (χ0) is 17.9. The largest absolute Gasteiger partial charge is 0.503 e. The van der Waals surface area contributed by atoms with Crippen LogP contribution < -0.4 is 4.74 Å². The van der Waals surface area contributed by atoms with Gasteiger partial charge in [-0.25, -0.2) is 0 Å². The fourth-order valence-corrected chi connectivity index (χ4v) is 2.64. The van der Waals surface area contributed by atoms with Gasteiger partial charge < -0.3 is 19.5 Å². The maximum atomic E-state index is 12.3. The molecule has 1 aromatic carbocycles. The van der Waals surface area contributed by atoms with Crippen LogP contribution in [0.2, 0.25) is 0 Å². The minimum atomic E-state index is -0.843. The van der Waals surface area contributed by atoms with Gasteiger partial charge in [0.15, 0.2) is 11.5 Å². The van der Waals surface area contributed by atoms with Gasteiger partial charge in [-0.05, 0) is 31.5 Å². The number of ketones is 1. The summed E-state index contributed by atoms with van der Waals surface area (Å²) in [4.78, 5) is 36.9. The lowest BCUT2D eigenvalue weighted by molar-refractivity contribution is -0.146. The molecular formula is C17H19NO6. The van der Waals surface area contributed by atoms with E-state index in [-0.39, 0.29) is 12.1 Å². The van der Waals surface area contributed by atoms with Crippen molar-refractivity contribution in [3.8, 4) is 5.75 Å². The molecule has 1 aliphatic rings. The number of hydrogen-bond acceptors (Lipinski definition) is 6. The van der Waals surface area contributed by atoms with Gasteiger partial charge in [0.25, 0.3) is 5.91 Å². The van der Waals surface area contributed by atoms with Crippen LogP contribution in [0.1, 0.15) is 25.5 Å². The van der Waals surface area contributed by atoms with E-state index in [1.165, 1.54) is 14.0 Å². The molecule has 0 aliphatic carbocycles. The molecule has 0 saturated heterocycles. The number of nitrogens with zero attached hydrogens (tertiary/aromatic N) is 1. The Labute approximate surface area is 139 Å². The van der Waals surface area contributed by atoms with E-state index in [1.54, 1.807) is 24.3 Å². The second-order valence-corrected chi connectivity index (χ2v) is 5.23. The summed E-state index contributed by atoms with van der Waals surface area (Å²) in [5.41, 5.74) is 0.554. The number of aliphatic hydroxyl groups excluding tert-OH is 1. The third kappa shape index (κ3) is 3.24. The molecule has 1 atom stereocenters. The normalized spacial score (nSPS) is 17.2. The molecule has 1 N–H and O–H groups in total. The summed E-state index contributed by atoms with van der Waals surface area (Å²) in [7, 11) is 1.20. The quantitative estimate of drug-likeness (QED) is 0.794. The first-order valence-corrected chi connectivity index (χ1v) is 7.45. The fraction of sp³-hybridized carbons (Fsp3) is 0.353. The number of amides is 1. The summed E-state index contributed by atoms with van der Waals surface area (Å²) in [6.45, 7) is 3.27. The Bertz CT molecular complexity index is 692. The van der Waals surface area contributed by atoms with Crippen molar-refractivity contribution in [1.29, 1.82) is 0 Å². The molecule has 0 unspecified atom stereocenters. The van der Waals surface area contributed by atoms with Gasteiger partial charge in [-0.15, -0.1) is 0 Å². The third-order valence-corrected chi connectivity index (χ3v) is 3.72. The average Bonchev–Trinajstić information content (AvgIpc) is 2.80. The van der Waals surface area contributed by atoms with Gasteiger partial charge in [-0.2, -0.15) is 0 Å². The highest BCUT2D eigenvalue weighted by molar-refractivity contribution is 6.08. The Balaban J connectivity index is 2.44. The monoisotopic (exact) mass is 333 g/mol. The van der Waals surface area contributed by atoms with Crippen LogP contribution in [0, 0.1) is 0 Å². The van der Waals surface area contributed by atoms with Gasteiger partial charge in [0, 0.05) is 0 Å². The zero-order valence-electron chi connectivity index (χ0n) is 13.7. The number of rotatable bonds is 6. The van der Waals surface area contributed by atoms with Gasteiger partial charge in [0.1, 0.15) is 12.3 Å². The van der Waals surface area contributed by atoms with Gasteiger partial charge in [-0.3, -0.25) is 14.4 Å². The topological polar surface area (TPSA) is 93.1 Å². The Kier molecular flexibility index (Phi) is 5.23. The number of carbonyl (C=O) groups excluding carboxylic acids is 3. The maximum Gasteiger partial charge on any atom is 0.325 e. The number of methoxy groups -OCH3 is 1. The van der Waals surface area contributed by atoms with Crippen LogP contribution in [0.15, 0.2) is 35.6 Å². The molecule has 7 nitrogen and oxygen atoms in total. The molecule has 1 amide bonds. The first-order valence-electron chi connectivity index (χ1n) is 7.45. The lowest BCUT2D eigenvalue weighted by Gasteiger charge is -2.25.